The molecule has 0 spiro atoms. The van der Waals surface area contributed by atoms with Gasteiger partial charge in [-0.3, -0.25) is 9.59 Å². The Morgan fingerprint density at radius 3 is 2.46 bits per heavy atom. The highest BCUT2D eigenvalue weighted by Crippen LogP contribution is 2.21. The van der Waals surface area contributed by atoms with Crippen LogP contribution in [0.3, 0.4) is 0 Å². The van der Waals surface area contributed by atoms with Crippen LogP contribution in [0.25, 0.3) is 5.69 Å². The highest BCUT2D eigenvalue weighted by molar-refractivity contribution is 5.92. The van der Waals surface area contributed by atoms with Crippen LogP contribution in [0.1, 0.15) is 46.2 Å². The average Bonchev–Trinajstić information content (AvgIpc) is 2.94. The third-order valence-corrected chi connectivity index (χ3v) is 4.22. The number of hydrogen-bond donors (Lipinski definition) is 1. The highest BCUT2D eigenvalue weighted by Gasteiger charge is 2.20. The molecule has 1 N–H and O–H groups in total. The van der Waals surface area contributed by atoms with Crippen LogP contribution in [0.5, 0.6) is 0 Å². The molecule has 0 aliphatic heterocycles. The van der Waals surface area contributed by atoms with Crippen LogP contribution in [0.4, 0.5) is 0 Å². The number of aromatic nitrogens is 2. The van der Waals surface area contributed by atoms with Gasteiger partial charge in [-0.1, -0.05) is 18.2 Å². The van der Waals surface area contributed by atoms with Crippen molar-refractivity contribution >= 4 is 5.91 Å². The topological polar surface area (TPSA) is 77.1 Å². The Hall–Kier alpha value is -3.15. The zero-order chi connectivity index (χ0) is 18.8. The summed E-state index contributed by atoms with van der Waals surface area (Å²) in [5.74, 6) is 1.01. The first-order chi connectivity index (χ1) is 12.4. The van der Waals surface area contributed by atoms with Crippen LogP contribution >= 0.6 is 0 Å². The Balaban J connectivity index is 1.92. The Labute approximate surface area is 151 Å². The number of rotatable bonds is 4. The number of aryl methyl sites for hydroxylation is 3. The summed E-state index contributed by atoms with van der Waals surface area (Å²) >= 11 is 0. The smallest absolute Gasteiger partial charge is 0.276 e. The standard InChI is InChI=1S/C20H21N3O3/c1-12-10-18(24)19(22-23(12)16-8-6-5-7-9-16)20(25)21-14(3)17-11-13(2)26-15(17)4/h5-11,14H,1-4H3,(H,21,25)/t14-/m0/s1. The number of carbonyl (C=O) groups is 1. The first kappa shape index (κ1) is 17.7. The summed E-state index contributed by atoms with van der Waals surface area (Å²) in [5.41, 5.74) is 1.79. The van der Waals surface area contributed by atoms with Gasteiger partial charge in [-0.15, -0.1) is 0 Å². The van der Waals surface area contributed by atoms with Gasteiger partial charge in [0.25, 0.3) is 5.91 Å². The zero-order valence-electron chi connectivity index (χ0n) is 15.2. The van der Waals surface area contributed by atoms with E-state index < -0.39 is 11.3 Å². The predicted molar refractivity (Wildman–Crippen MR) is 98.6 cm³/mol. The van der Waals surface area contributed by atoms with E-state index in [2.05, 4.69) is 10.4 Å². The predicted octanol–water partition coefficient (Wildman–Crippen LogP) is 3.24. The van der Waals surface area contributed by atoms with E-state index in [9.17, 15) is 9.59 Å². The lowest BCUT2D eigenvalue weighted by molar-refractivity contribution is 0.0931. The molecular formula is C20H21N3O3. The monoisotopic (exact) mass is 351 g/mol. The number of carbonyl (C=O) groups excluding carboxylic acids is 1. The van der Waals surface area contributed by atoms with E-state index in [1.54, 1.807) is 11.6 Å². The molecule has 6 nitrogen and oxygen atoms in total. The van der Waals surface area contributed by atoms with Crippen LogP contribution in [0, 0.1) is 20.8 Å². The van der Waals surface area contributed by atoms with E-state index in [0.717, 1.165) is 22.8 Å². The Morgan fingerprint density at radius 1 is 1.15 bits per heavy atom. The second-order valence-corrected chi connectivity index (χ2v) is 6.31. The molecule has 3 rings (SSSR count). The fourth-order valence-electron chi connectivity index (χ4n) is 2.96. The van der Waals surface area contributed by atoms with Crippen LogP contribution in [0.15, 0.2) is 51.7 Å². The summed E-state index contributed by atoms with van der Waals surface area (Å²) in [6, 6.07) is 12.4. The molecule has 2 aromatic heterocycles. The number of amides is 1. The van der Waals surface area contributed by atoms with Crippen molar-refractivity contribution in [1.29, 1.82) is 0 Å². The van der Waals surface area contributed by atoms with Gasteiger partial charge < -0.3 is 9.73 Å². The minimum absolute atomic E-state index is 0.135. The Kier molecular flexibility index (Phi) is 4.75. The lowest BCUT2D eigenvalue weighted by atomic mass is 10.1. The molecule has 134 valence electrons. The van der Waals surface area contributed by atoms with Gasteiger partial charge >= 0.3 is 0 Å². The molecule has 0 fully saturated rings. The molecule has 3 aromatic rings. The van der Waals surface area contributed by atoms with Crippen LogP contribution < -0.4 is 10.7 Å². The molecule has 1 aromatic carbocycles. The van der Waals surface area contributed by atoms with E-state index in [0.29, 0.717) is 5.69 Å². The molecule has 0 aliphatic rings. The summed E-state index contributed by atoms with van der Waals surface area (Å²) in [6.45, 7) is 7.32. The first-order valence-electron chi connectivity index (χ1n) is 8.41. The maximum atomic E-state index is 12.6. The first-order valence-corrected chi connectivity index (χ1v) is 8.41. The summed E-state index contributed by atoms with van der Waals surface area (Å²) in [7, 11) is 0. The number of para-hydroxylation sites is 1. The third-order valence-electron chi connectivity index (χ3n) is 4.22. The highest BCUT2D eigenvalue weighted by atomic mass is 16.3. The molecule has 0 aliphatic carbocycles. The molecule has 1 atom stereocenters. The van der Waals surface area contributed by atoms with Gasteiger partial charge in [0.05, 0.1) is 11.7 Å². The maximum Gasteiger partial charge on any atom is 0.276 e. The van der Waals surface area contributed by atoms with Crippen molar-refractivity contribution in [3.8, 4) is 5.69 Å². The summed E-state index contributed by atoms with van der Waals surface area (Å²) in [6.07, 6.45) is 0. The van der Waals surface area contributed by atoms with Gasteiger partial charge in [0.1, 0.15) is 11.5 Å². The molecule has 26 heavy (non-hydrogen) atoms. The molecule has 0 saturated heterocycles. The fraction of sp³-hybridized carbons (Fsp3) is 0.250. The molecule has 2 heterocycles. The van der Waals surface area contributed by atoms with Gasteiger partial charge in [-0.05, 0) is 45.9 Å². The van der Waals surface area contributed by atoms with Crippen molar-refractivity contribution < 1.29 is 9.21 Å². The molecule has 0 unspecified atom stereocenters. The number of benzene rings is 1. The molecule has 0 radical (unpaired) electrons. The average molecular weight is 351 g/mol. The van der Waals surface area contributed by atoms with E-state index in [4.69, 9.17) is 4.42 Å². The molecule has 6 heteroatoms. The molecule has 0 bridgehead atoms. The Bertz CT molecular complexity index is 1000. The minimum Gasteiger partial charge on any atom is -0.466 e. The van der Waals surface area contributed by atoms with E-state index in [-0.39, 0.29) is 11.7 Å². The zero-order valence-corrected chi connectivity index (χ0v) is 15.2. The molecule has 1 amide bonds. The fourth-order valence-corrected chi connectivity index (χ4v) is 2.96. The van der Waals surface area contributed by atoms with Gasteiger partial charge in [-0.25, -0.2) is 4.68 Å². The van der Waals surface area contributed by atoms with Crippen molar-refractivity contribution in [2.75, 3.05) is 0 Å². The third kappa shape index (κ3) is 3.44. The largest absolute Gasteiger partial charge is 0.466 e. The number of furan rings is 1. The second kappa shape index (κ2) is 7.00. The van der Waals surface area contributed by atoms with E-state index in [1.807, 2.05) is 57.2 Å². The SMILES string of the molecule is Cc1cc([C@H](C)NC(=O)c2nn(-c3ccccc3)c(C)cc2=O)c(C)o1. The van der Waals surface area contributed by atoms with Crippen molar-refractivity contribution in [2.45, 2.75) is 33.7 Å². The minimum atomic E-state index is -0.509. The van der Waals surface area contributed by atoms with Crippen molar-refractivity contribution in [2.24, 2.45) is 0 Å². The van der Waals surface area contributed by atoms with Crippen LogP contribution in [0.2, 0.25) is 0 Å². The number of hydrogen-bond acceptors (Lipinski definition) is 4. The van der Waals surface area contributed by atoms with Crippen LogP contribution in [-0.4, -0.2) is 15.7 Å². The van der Waals surface area contributed by atoms with Gasteiger partial charge in [0.2, 0.25) is 5.43 Å². The number of nitrogens with zero attached hydrogens (tertiary/aromatic N) is 2. The normalized spacial score (nSPS) is 12.0. The lowest BCUT2D eigenvalue weighted by Crippen LogP contribution is -2.33. The van der Waals surface area contributed by atoms with Gasteiger partial charge in [-0.2, -0.15) is 5.10 Å². The van der Waals surface area contributed by atoms with Gasteiger partial charge in [0, 0.05) is 17.3 Å². The van der Waals surface area contributed by atoms with E-state index >= 15 is 0 Å². The summed E-state index contributed by atoms with van der Waals surface area (Å²) in [4.78, 5) is 24.9. The number of nitrogens with one attached hydrogen (secondary N) is 1. The molecular weight excluding hydrogens is 330 g/mol. The Morgan fingerprint density at radius 2 is 1.85 bits per heavy atom. The van der Waals surface area contributed by atoms with Gasteiger partial charge in [0.15, 0.2) is 5.69 Å². The van der Waals surface area contributed by atoms with Crippen molar-refractivity contribution in [1.82, 2.24) is 15.1 Å². The second-order valence-electron chi connectivity index (χ2n) is 6.31. The molecule has 0 saturated carbocycles. The van der Waals surface area contributed by atoms with Crippen molar-refractivity contribution in [3.63, 3.8) is 0 Å². The van der Waals surface area contributed by atoms with Crippen molar-refractivity contribution in [3.05, 3.63) is 81.2 Å². The summed E-state index contributed by atoms with van der Waals surface area (Å²) in [5, 5.41) is 7.12. The van der Waals surface area contributed by atoms with Crippen LogP contribution in [-0.2, 0) is 0 Å². The maximum absolute atomic E-state index is 12.6. The quantitative estimate of drug-likeness (QED) is 0.783. The van der Waals surface area contributed by atoms with E-state index in [1.165, 1.54) is 6.07 Å². The lowest BCUT2D eigenvalue weighted by Gasteiger charge is -2.14. The summed E-state index contributed by atoms with van der Waals surface area (Å²) < 4.78 is 7.10.